The average Bonchev–Trinajstić information content (AvgIpc) is 2.70. The molecule has 7 nitrogen and oxygen atoms in total. The molecule has 0 aliphatic rings. The molecular formula is C20H20N2O5. The van der Waals surface area contributed by atoms with Crippen LogP contribution in [0, 0.1) is 12.3 Å². The number of benzene rings is 2. The Morgan fingerprint density at radius 1 is 1.00 bits per heavy atom. The standard InChI is InChI=1S/C20H20N2O5/c1-5-10-21-20(24)14-8-6-7-9-15(14)22-19(23)13-11-16(25-2)18(27-4)17(12-13)26-3/h1,6-9,11-12H,10H2,2-4H3,(H,21,24)(H,22,23). The summed E-state index contributed by atoms with van der Waals surface area (Å²) >= 11 is 0. The first-order chi connectivity index (χ1) is 13.0. The minimum atomic E-state index is -0.438. The Kier molecular flexibility index (Phi) is 6.67. The van der Waals surface area contributed by atoms with Crippen molar-refractivity contribution in [3.8, 4) is 29.6 Å². The zero-order valence-corrected chi connectivity index (χ0v) is 15.3. The van der Waals surface area contributed by atoms with Crippen LogP contribution in [0.25, 0.3) is 0 Å². The number of ether oxygens (including phenoxy) is 3. The summed E-state index contributed by atoms with van der Waals surface area (Å²) in [5.41, 5.74) is 0.933. The van der Waals surface area contributed by atoms with E-state index in [1.54, 1.807) is 24.3 Å². The van der Waals surface area contributed by atoms with Gasteiger partial charge in [0.05, 0.1) is 39.1 Å². The Bertz CT molecular complexity index is 861. The lowest BCUT2D eigenvalue weighted by molar-refractivity contribution is 0.0959. The SMILES string of the molecule is C#CCNC(=O)c1ccccc1NC(=O)c1cc(OC)c(OC)c(OC)c1. The summed E-state index contributed by atoms with van der Waals surface area (Å²) in [6, 6.07) is 9.68. The summed E-state index contributed by atoms with van der Waals surface area (Å²) in [6.07, 6.45) is 5.16. The smallest absolute Gasteiger partial charge is 0.255 e. The van der Waals surface area contributed by atoms with Gasteiger partial charge in [-0.1, -0.05) is 18.1 Å². The van der Waals surface area contributed by atoms with Gasteiger partial charge in [-0.2, -0.15) is 0 Å². The Morgan fingerprint density at radius 2 is 1.63 bits per heavy atom. The molecule has 0 saturated carbocycles. The number of carbonyl (C=O) groups is 2. The minimum absolute atomic E-state index is 0.0913. The van der Waals surface area contributed by atoms with E-state index in [1.165, 1.54) is 33.5 Å². The Labute approximate surface area is 157 Å². The summed E-state index contributed by atoms with van der Waals surface area (Å²) in [7, 11) is 4.40. The quantitative estimate of drug-likeness (QED) is 0.733. The van der Waals surface area contributed by atoms with Crippen molar-refractivity contribution in [1.82, 2.24) is 5.32 Å². The van der Waals surface area contributed by atoms with E-state index in [0.717, 1.165) is 0 Å². The van der Waals surface area contributed by atoms with Crippen LogP contribution in [-0.4, -0.2) is 39.7 Å². The van der Waals surface area contributed by atoms with Gasteiger partial charge in [0, 0.05) is 5.56 Å². The number of anilines is 1. The molecule has 0 atom stereocenters. The van der Waals surface area contributed by atoms with E-state index >= 15 is 0 Å². The molecule has 0 fully saturated rings. The highest BCUT2D eigenvalue weighted by Gasteiger charge is 2.18. The van der Waals surface area contributed by atoms with Crippen molar-refractivity contribution in [2.24, 2.45) is 0 Å². The molecule has 0 unspecified atom stereocenters. The lowest BCUT2D eigenvalue weighted by atomic mass is 10.1. The van der Waals surface area contributed by atoms with Crippen molar-refractivity contribution >= 4 is 17.5 Å². The van der Waals surface area contributed by atoms with Gasteiger partial charge >= 0.3 is 0 Å². The number of amides is 2. The second-order valence-electron chi connectivity index (χ2n) is 5.30. The van der Waals surface area contributed by atoms with E-state index in [4.69, 9.17) is 20.6 Å². The fraction of sp³-hybridized carbons (Fsp3) is 0.200. The molecule has 0 aromatic heterocycles. The van der Waals surface area contributed by atoms with Crippen LogP contribution in [0.15, 0.2) is 36.4 Å². The summed E-state index contributed by atoms with van der Waals surface area (Å²) < 4.78 is 15.8. The molecule has 0 aliphatic heterocycles. The van der Waals surface area contributed by atoms with Gasteiger partial charge in [-0.15, -0.1) is 6.42 Å². The lowest BCUT2D eigenvalue weighted by Gasteiger charge is -2.15. The first-order valence-corrected chi connectivity index (χ1v) is 7.97. The number of rotatable bonds is 7. The minimum Gasteiger partial charge on any atom is -0.493 e. The molecule has 0 radical (unpaired) electrons. The van der Waals surface area contributed by atoms with Crippen molar-refractivity contribution in [3.05, 3.63) is 47.5 Å². The highest BCUT2D eigenvalue weighted by molar-refractivity contribution is 6.09. The molecule has 0 bridgehead atoms. The Balaban J connectivity index is 2.33. The zero-order valence-electron chi connectivity index (χ0n) is 15.3. The van der Waals surface area contributed by atoms with E-state index in [9.17, 15) is 9.59 Å². The van der Waals surface area contributed by atoms with E-state index in [-0.39, 0.29) is 18.0 Å². The van der Waals surface area contributed by atoms with Crippen molar-refractivity contribution in [2.75, 3.05) is 33.2 Å². The molecule has 2 N–H and O–H groups in total. The van der Waals surface area contributed by atoms with Crippen LogP contribution < -0.4 is 24.8 Å². The van der Waals surface area contributed by atoms with Gasteiger partial charge in [0.25, 0.3) is 11.8 Å². The predicted octanol–water partition coefficient (Wildman–Crippen LogP) is 2.33. The summed E-state index contributed by atoms with van der Waals surface area (Å²) in [5.74, 6) is 2.59. The molecule has 2 amide bonds. The molecule has 0 saturated heterocycles. The third-order valence-electron chi connectivity index (χ3n) is 3.70. The number of hydrogen-bond donors (Lipinski definition) is 2. The van der Waals surface area contributed by atoms with Crippen molar-refractivity contribution in [2.45, 2.75) is 0 Å². The monoisotopic (exact) mass is 368 g/mol. The van der Waals surface area contributed by atoms with Crippen LogP contribution in [0.2, 0.25) is 0 Å². The maximum Gasteiger partial charge on any atom is 0.255 e. The topological polar surface area (TPSA) is 85.9 Å². The average molecular weight is 368 g/mol. The largest absolute Gasteiger partial charge is 0.493 e. The van der Waals surface area contributed by atoms with Crippen molar-refractivity contribution in [3.63, 3.8) is 0 Å². The third-order valence-corrected chi connectivity index (χ3v) is 3.70. The van der Waals surface area contributed by atoms with Crippen LogP contribution in [0.3, 0.4) is 0 Å². The van der Waals surface area contributed by atoms with Crippen molar-refractivity contribution < 1.29 is 23.8 Å². The van der Waals surface area contributed by atoms with Gasteiger partial charge in [-0.3, -0.25) is 9.59 Å². The van der Waals surface area contributed by atoms with Crippen LogP contribution >= 0.6 is 0 Å². The third kappa shape index (κ3) is 4.50. The van der Waals surface area contributed by atoms with E-state index in [0.29, 0.717) is 28.5 Å². The van der Waals surface area contributed by atoms with Gasteiger partial charge in [0.1, 0.15) is 0 Å². The van der Waals surface area contributed by atoms with Gasteiger partial charge in [0.15, 0.2) is 11.5 Å². The van der Waals surface area contributed by atoms with Crippen molar-refractivity contribution in [1.29, 1.82) is 0 Å². The maximum atomic E-state index is 12.7. The van der Waals surface area contributed by atoms with Crippen LogP contribution in [0.5, 0.6) is 17.2 Å². The van der Waals surface area contributed by atoms with Crippen LogP contribution in [0.1, 0.15) is 20.7 Å². The second-order valence-corrected chi connectivity index (χ2v) is 5.30. The predicted molar refractivity (Wildman–Crippen MR) is 102 cm³/mol. The first-order valence-electron chi connectivity index (χ1n) is 7.97. The maximum absolute atomic E-state index is 12.7. The number of carbonyl (C=O) groups excluding carboxylic acids is 2. The molecule has 0 aliphatic carbocycles. The highest BCUT2D eigenvalue weighted by Crippen LogP contribution is 2.38. The van der Waals surface area contributed by atoms with E-state index in [1.807, 2.05) is 0 Å². The van der Waals surface area contributed by atoms with Gasteiger partial charge in [0.2, 0.25) is 5.75 Å². The number of nitrogens with one attached hydrogen (secondary N) is 2. The number of terminal acetylenes is 1. The molecule has 27 heavy (non-hydrogen) atoms. The number of methoxy groups -OCH3 is 3. The lowest BCUT2D eigenvalue weighted by Crippen LogP contribution is -2.25. The van der Waals surface area contributed by atoms with Crippen LogP contribution in [0.4, 0.5) is 5.69 Å². The Morgan fingerprint density at radius 3 is 2.19 bits per heavy atom. The first kappa shape index (κ1) is 19.7. The van der Waals surface area contributed by atoms with Gasteiger partial charge in [-0.05, 0) is 24.3 Å². The molecular weight excluding hydrogens is 348 g/mol. The fourth-order valence-electron chi connectivity index (χ4n) is 2.42. The van der Waals surface area contributed by atoms with Gasteiger partial charge < -0.3 is 24.8 Å². The highest BCUT2D eigenvalue weighted by atomic mass is 16.5. The van der Waals surface area contributed by atoms with Gasteiger partial charge in [-0.25, -0.2) is 0 Å². The van der Waals surface area contributed by atoms with Crippen LogP contribution in [-0.2, 0) is 0 Å². The fourth-order valence-corrected chi connectivity index (χ4v) is 2.42. The molecule has 0 heterocycles. The normalized spacial score (nSPS) is 9.70. The number of hydrogen-bond acceptors (Lipinski definition) is 5. The molecule has 140 valence electrons. The zero-order chi connectivity index (χ0) is 19.8. The molecule has 7 heteroatoms. The summed E-state index contributed by atoms with van der Waals surface area (Å²) in [6.45, 7) is 0.0913. The molecule has 2 aromatic rings. The molecule has 0 spiro atoms. The molecule has 2 rings (SSSR count). The second kappa shape index (κ2) is 9.15. The summed E-state index contributed by atoms with van der Waals surface area (Å²) in [5, 5.41) is 5.29. The summed E-state index contributed by atoms with van der Waals surface area (Å²) in [4.78, 5) is 24.9. The number of para-hydroxylation sites is 1. The molecule has 2 aromatic carbocycles. The van der Waals surface area contributed by atoms with E-state index < -0.39 is 5.91 Å². The Hall–Kier alpha value is -3.66. The van der Waals surface area contributed by atoms with E-state index in [2.05, 4.69) is 16.6 Å².